The summed E-state index contributed by atoms with van der Waals surface area (Å²) < 4.78 is 0. The molecule has 0 unspecified atom stereocenters. The molecule has 0 saturated heterocycles. The van der Waals surface area contributed by atoms with E-state index in [1.165, 1.54) is 6.92 Å². The lowest BCUT2D eigenvalue weighted by Crippen LogP contribution is -2.36. The summed E-state index contributed by atoms with van der Waals surface area (Å²) in [6.45, 7) is 1.41. The van der Waals surface area contributed by atoms with E-state index >= 15 is 0 Å². The quantitative estimate of drug-likeness (QED) is 0.636. The van der Waals surface area contributed by atoms with E-state index in [-0.39, 0.29) is 30.8 Å². The molecule has 28 heavy (non-hydrogen) atoms. The number of anilines is 3. The van der Waals surface area contributed by atoms with E-state index in [1.54, 1.807) is 54.4 Å². The van der Waals surface area contributed by atoms with Crippen molar-refractivity contribution in [3.05, 3.63) is 52.5 Å². The number of likely N-dealkylation sites (N-methyl/N-ethyl adjacent to an activating group) is 1. The number of nitrogens with one attached hydrogen (secondary N) is 3. The third-order valence-electron chi connectivity index (χ3n) is 3.54. The highest BCUT2D eigenvalue weighted by molar-refractivity contribution is 6.39. The third kappa shape index (κ3) is 6.84. The Hall–Kier alpha value is -2.61. The first-order valence-electron chi connectivity index (χ1n) is 8.34. The first-order valence-corrected chi connectivity index (χ1v) is 9.10. The smallest absolute Gasteiger partial charge is 0.238 e. The van der Waals surface area contributed by atoms with E-state index in [4.69, 9.17) is 23.2 Å². The van der Waals surface area contributed by atoms with Gasteiger partial charge in [-0.1, -0.05) is 29.3 Å². The molecule has 9 heteroatoms. The van der Waals surface area contributed by atoms with E-state index < -0.39 is 0 Å². The zero-order chi connectivity index (χ0) is 20.7. The second-order valence-electron chi connectivity index (χ2n) is 6.12. The average Bonchev–Trinajstić information content (AvgIpc) is 2.59. The molecule has 0 bridgehead atoms. The summed E-state index contributed by atoms with van der Waals surface area (Å²) in [5.41, 5.74) is 1.56. The number of nitrogens with zero attached hydrogens (tertiary/aromatic N) is 1. The number of para-hydroxylation sites is 1. The van der Waals surface area contributed by atoms with Gasteiger partial charge in [0, 0.05) is 18.3 Å². The molecular formula is C19H20Cl2N4O3. The second-order valence-corrected chi connectivity index (χ2v) is 6.94. The van der Waals surface area contributed by atoms with Crippen molar-refractivity contribution < 1.29 is 14.4 Å². The molecule has 0 saturated carbocycles. The predicted molar refractivity (Wildman–Crippen MR) is 112 cm³/mol. The Kier molecular flexibility index (Phi) is 7.80. The maximum Gasteiger partial charge on any atom is 0.238 e. The van der Waals surface area contributed by atoms with Gasteiger partial charge in [-0.2, -0.15) is 0 Å². The number of hydrogen-bond acceptors (Lipinski definition) is 4. The van der Waals surface area contributed by atoms with Gasteiger partial charge in [-0.25, -0.2) is 0 Å². The summed E-state index contributed by atoms with van der Waals surface area (Å²) in [5, 5.41) is 8.69. The predicted octanol–water partition coefficient (Wildman–Crippen LogP) is 3.46. The van der Waals surface area contributed by atoms with Gasteiger partial charge in [-0.15, -0.1) is 0 Å². The molecule has 0 atom stereocenters. The number of rotatable bonds is 7. The maximum atomic E-state index is 12.2. The lowest BCUT2D eigenvalue weighted by Gasteiger charge is -2.17. The van der Waals surface area contributed by atoms with Gasteiger partial charge < -0.3 is 16.0 Å². The van der Waals surface area contributed by atoms with Crippen LogP contribution < -0.4 is 16.0 Å². The number of halogens is 2. The molecule has 2 aromatic rings. The van der Waals surface area contributed by atoms with Crippen LogP contribution >= 0.6 is 23.2 Å². The molecule has 0 aliphatic heterocycles. The van der Waals surface area contributed by atoms with Crippen LogP contribution in [0.1, 0.15) is 6.92 Å². The molecule has 0 aliphatic rings. The highest BCUT2D eigenvalue weighted by atomic mass is 35.5. The van der Waals surface area contributed by atoms with Crippen LogP contribution in [0.4, 0.5) is 17.1 Å². The molecular weight excluding hydrogens is 403 g/mol. The molecule has 148 valence electrons. The molecule has 0 fully saturated rings. The minimum absolute atomic E-state index is 0.0110. The normalized spacial score (nSPS) is 10.5. The molecule has 7 nitrogen and oxygen atoms in total. The first-order chi connectivity index (χ1) is 13.2. The highest BCUT2D eigenvalue weighted by Crippen LogP contribution is 2.29. The molecule has 2 aromatic carbocycles. The highest BCUT2D eigenvalue weighted by Gasteiger charge is 2.14. The Morgan fingerprint density at radius 1 is 0.821 bits per heavy atom. The van der Waals surface area contributed by atoms with Crippen LogP contribution in [-0.4, -0.2) is 42.8 Å². The van der Waals surface area contributed by atoms with Crippen molar-refractivity contribution in [1.29, 1.82) is 0 Å². The molecule has 3 amide bonds. The minimum atomic E-state index is -0.343. The van der Waals surface area contributed by atoms with Crippen LogP contribution in [-0.2, 0) is 14.4 Å². The fourth-order valence-corrected chi connectivity index (χ4v) is 2.87. The standard InChI is InChI=1S/C19H20Cl2N4O3/c1-12(26)22-13-6-8-14(9-7-13)23-17(27)10-25(2)11-18(28)24-19-15(20)4-3-5-16(19)21/h3-9H,10-11H2,1-2H3,(H,22,26)(H,23,27)(H,24,28). The fourth-order valence-electron chi connectivity index (χ4n) is 2.38. The maximum absolute atomic E-state index is 12.2. The van der Waals surface area contributed by atoms with Crippen molar-refractivity contribution in [1.82, 2.24) is 4.90 Å². The summed E-state index contributed by atoms with van der Waals surface area (Å²) >= 11 is 12.0. The SMILES string of the molecule is CC(=O)Nc1ccc(NC(=O)CN(C)CC(=O)Nc2c(Cl)cccc2Cl)cc1. The number of amides is 3. The Labute approximate surface area is 173 Å². The first kappa shape index (κ1) is 21.7. The zero-order valence-electron chi connectivity index (χ0n) is 15.4. The second kappa shape index (κ2) is 10.1. The number of carbonyl (C=O) groups is 3. The molecule has 0 aliphatic carbocycles. The van der Waals surface area contributed by atoms with Gasteiger partial charge >= 0.3 is 0 Å². The number of carbonyl (C=O) groups excluding carboxylic acids is 3. The topological polar surface area (TPSA) is 90.5 Å². The van der Waals surface area contributed by atoms with Crippen LogP contribution in [0, 0.1) is 0 Å². The largest absolute Gasteiger partial charge is 0.326 e. The Morgan fingerprint density at radius 3 is 1.79 bits per heavy atom. The van der Waals surface area contributed by atoms with Crippen LogP contribution in [0.15, 0.2) is 42.5 Å². The molecule has 0 spiro atoms. The van der Waals surface area contributed by atoms with Crippen LogP contribution in [0.25, 0.3) is 0 Å². The van der Waals surface area contributed by atoms with Gasteiger partial charge in [0.1, 0.15) is 0 Å². The van der Waals surface area contributed by atoms with Crippen LogP contribution in [0.3, 0.4) is 0 Å². The van der Waals surface area contributed by atoms with Crippen molar-refractivity contribution in [2.24, 2.45) is 0 Å². The third-order valence-corrected chi connectivity index (χ3v) is 4.17. The van der Waals surface area contributed by atoms with Gasteiger partial charge in [-0.05, 0) is 43.4 Å². The van der Waals surface area contributed by atoms with Gasteiger partial charge in [0.25, 0.3) is 0 Å². The van der Waals surface area contributed by atoms with E-state index in [0.717, 1.165) is 0 Å². The van der Waals surface area contributed by atoms with E-state index in [9.17, 15) is 14.4 Å². The fraction of sp³-hybridized carbons (Fsp3) is 0.211. The Bertz CT molecular complexity index is 852. The lowest BCUT2D eigenvalue weighted by atomic mass is 10.2. The van der Waals surface area contributed by atoms with E-state index in [1.807, 2.05) is 0 Å². The summed E-state index contributed by atoms with van der Waals surface area (Å²) in [4.78, 5) is 36.9. The molecule has 0 radical (unpaired) electrons. The summed E-state index contributed by atoms with van der Waals surface area (Å²) in [6.07, 6.45) is 0. The molecule has 2 rings (SSSR count). The summed E-state index contributed by atoms with van der Waals surface area (Å²) in [6, 6.07) is 11.6. The van der Waals surface area contributed by atoms with Crippen molar-refractivity contribution >= 4 is 58.0 Å². The van der Waals surface area contributed by atoms with Gasteiger partial charge in [0.05, 0.1) is 28.8 Å². The minimum Gasteiger partial charge on any atom is -0.326 e. The van der Waals surface area contributed by atoms with Crippen molar-refractivity contribution in [2.75, 3.05) is 36.1 Å². The molecule has 0 aromatic heterocycles. The van der Waals surface area contributed by atoms with Crippen LogP contribution in [0.5, 0.6) is 0 Å². The molecule has 0 heterocycles. The van der Waals surface area contributed by atoms with Crippen molar-refractivity contribution in [3.63, 3.8) is 0 Å². The Balaban J connectivity index is 1.83. The number of hydrogen-bond donors (Lipinski definition) is 3. The van der Waals surface area contributed by atoms with E-state index in [0.29, 0.717) is 27.1 Å². The summed E-state index contributed by atoms with van der Waals surface area (Å²) in [7, 11) is 1.65. The van der Waals surface area contributed by atoms with Crippen molar-refractivity contribution in [3.8, 4) is 0 Å². The van der Waals surface area contributed by atoms with Gasteiger partial charge in [-0.3, -0.25) is 19.3 Å². The zero-order valence-corrected chi connectivity index (χ0v) is 16.9. The number of benzene rings is 2. The lowest BCUT2D eigenvalue weighted by molar-refractivity contribution is -0.119. The van der Waals surface area contributed by atoms with Crippen molar-refractivity contribution in [2.45, 2.75) is 6.92 Å². The Morgan fingerprint density at radius 2 is 1.29 bits per heavy atom. The molecule has 3 N–H and O–H groups in total. The monoisotopic (exact) mass is 422 g/mol. The van der Waals surface area contributed by atoms with Crippen LogP contribution in [0.2, 0.25) is 10.0 Å². The van der Waals surface area contributed by atoms with E-state index in [2.05, 4.69) is 16.0 Å². The average molecular weight is 423 g/mol. The van der Waals surface area contributed by atoms with Gasteiger partial charge in [0.2, 0.25) is 17.7 Å². The van der Waals surface area contributed by atoms with Gasteiger partial charge in [0.15, 0.2) is 0 Å². The summed E-state index contributed by atoms with van der Waals surface area (Å²) in [5.74, 6) is -0.793.